The Morgan fingerprint density at radius 3 is 2.92 bits per heavy atom. The number of hydrogen-bond acceptors (Lipinski definition) is 5. The predicted octanol–water partition coefficient (Wildman–Crippen LogP) is 3.08. The third-order valence-corrected chi connectivity index (χ3v) is 4.85. The van der Waals surface area contributed by atoms with E-state index in [0.29, 0.717) is 12.6 Å². The second kappa shape index (κ2) is 8.26. The maximum Gasteiger partial charge on any atom is 0.216 e. The average molecular weight is 345 g/mol. The van der Waals surface area contributed by atoms with E-state index in [-0.39, 0.29) is 5.91 Å². The summed E-state index contributed by atoms with van der Waals surface area (Å²) in [6.45, 7) is 3.91. The van der Waals surface area contributed by atoms with Crippen LogP contribution in [0.5, 0.6) is 0 Å². The zero-order valence-electron chi connectivity index (χ0n) is 13.9. The van der Waals surface area contributed by atoms with Crippen molar-refractivity contribution in [3.8, 4) is 11.3 Å². The van der Waals surface area contributed by atoms with Crippen molar-refractivity contribution in [3.05, 3.63) is 35.2 Å². The van der Waals surface area contributed by atoms with Gasteiger partial charge in [0.25, 0.3) is 0 Å². The van der Waals surface area contributed by atoms with Crippen molar-refractivity contribution in [1.29, 1.82) is 0 Å². The van der Waals surface area contributed by atoms with E-state index in [4.69, 9.17) is 4.74 Å². The van der Waals surface area contributed by atoms with Crippen molar-refractivity contribution < 1.29 is 9.53 Å². The van der Waals surface area contributed by atoms with Gasteiger partial charge in [0.2, 0.25) is 5.91 Å². The molecule has 5 nitrogen and oxygen atoms in total. The summed E-state index contributed by atoms with van der Waals surface area (Å²) in [6.07, 6.45) is 3.44. The number of carbonyl (C=O) groups is 1. The van der Waals surface area contributed by atoms with Gasteiger partial charge in [0.1, 0.15) is 0 Å². The number of hydrogen-bond donors (Lipinski definition) is 2. The van der Waals surface area contributed by atoms with E-state index < -0.39 is 0 Å². The highest BCUT2D eigenvalue weighted by atomic mass is 32.1. The molecule has 1 amide bonds. The maximum atomic E-state index is 10.9. The summed E-state index contributed by atoms with van der Waals surface area (Å²) in [5.74, 6) is 0.0112. The maximum absolute atomic E-state index is 10.9. The molecule has 3 rings (SSSR count). The molecule has 1 aliphatic rings. The lowest BCUT2D eigenvalue weighted by Gasteiger charge is -2.09. The van der Waals surface area contributed by atoms with Gasteiger partial charge in [-0.15, -0.1) is 11.3 Å². The Morgan fingerprint density at radius 1 is 1.38 bits per heavy atom. The molecule has 1 saturated heterocycles. The monoisotopic (exact) mass is 345 g/mol. The van der Waals surface area contributed by atoms with E-state index >= 15 is 0 Å². The minimum atomic E-state index is 0.0112. The molecule has 0 saturated carbocycles. The minimum Gasteiger partial charge on any atom is -0.376 e. The largest absolute Gasteiger partial charge is 0.376 e. The number of thiazole rings is 1. The number of ether oxygens (including phenoxy) is 1. The Balaban J connectivity index is 1.53. The highest BCUT2D eigenvalue weighted by Gasteiger charge is 2.15. The first-order valence-corrected chi connectivity index (χ1v) is 9.23. The fourth-order valence-corrected chi connectivity index (χ4v) is 3.45. The van der Waals surface area contributed by atoms with Crippen molar-refractivity contribution >= 4 is 22.4 Å². The normalized spacial score (nSPS) is 17.0. The molecule has 1 atom stereocenters. The van der Waals surface area contributed by atoms with Crippen LogP contribution in [0.3, 0.4) is 0 Å². The summed E-state index contributed by atoms with van der Waals surface area (Å²) in [5.41, 5.74) is 3.31. The second-order valence-electron chi connectivity index (χ2n) is 5.98. The van der Waals surface area contributed by atoms with Crippen molar-refractivity contribution in [2.24, 2.45) is 0 Å². The van der Waals surface area contributed by atoms with Gasteiger partial charge in [-0.2, -0.15) is 0 Å². The van der Waals surface area contributed by atoms with Crippen molar-refractivity contribution in [3.63, 3.8) is 0 Å². The molecule has 0 radical (unpaired) electrons. The first kappa shape index (κ1) is 16.9. The summed E-state index contributed by atoms with van der Waals surface area (Å²) >= 11 is 1.62. The van der Waals surface area contributed by atoms with Gasteiger partial charge < -0.3 is 15.4 Å². The summed E-state index contributed by atoms with van der Waals surface area (Å²) in [5, 5.41) is 9.20. The SMILES string of the molecule is CC(=O)NCCc1ccc(-c2csc(NCC3CCCO3)n2)cc1. The molecule has 1 aliphatic heterocycles. The highest BCUT2D eigenvalue weighted by molar-refractivity contribution is 7.14. The molecule has 0 spiro atoms. The average Bonchev–Trinajstić information content (AvgIpc) is 3.25. The van der Waals surface area contributed by atoms with Crippen molar-refractivity contribution in [2.75, 3.05) is 25.0 Å². The number of rotatable bonds is 7. The lowest BCUT2D eigenvalue weighted by molar-refractivity contribution is -0.118. The van der Waals surface area contributed by atoms with Crippen LogP contribution in [0.1, 0.15) is 25.3 Å². The van der Waals surface area contributed by atoms with Gasteiger partial charge in [-0.25, -0.2) is 4.98 Å². The molecule has 1 fully saturated rings. The quantitative estimate of drug-likeness (QED) is 0.809. The van der Waals surface area contributed by atoms with Crippen LogP contribution in [0, 0.1) is 0 Å². The lowest BCUT2D eigenvalue weighted by atomic mass is 10.1. The van der Waals surface area contributed by atoms with Gasteiger partial charge in [0, 0.05) is 37.6 Å². The third-order valence-electron chi connectivity index (χ3n) is 4.05. The number of anilines is 1. The molecule has 2 heterocycles. The van der Waals surface area contributed by atoms with Gasteiger partial charge in [-0.05, 0) is 24.8 Å². The van der Waals surface area contributed by atoms with Gasteiger partial charge in [0.05, 0.1) is 11.8 Å². The molecule has 0 bridgehead atoms. The Bertz CT molecular complexity index is 663. The fourth-order valence-electron chi connectivity index (χ4n) is 2.72. The van der Waals surface area contributed by atoms with E-state index in [2.05, 4.69) is 45.3 Å². The second-order valence-corrected chi connectivity index (χ2v) is 6.84. The number of amides is 1. The molecule has 128 valence electrons. The molecule has 1 aromatic heterocycles. The molecule has 1 aromatic carbocycles. The number of benzene rings is 1. The summed E-state index contributed by atoms with van der Waals surface area (Å²) in [7, 11) is 0. The summed E-state index contributed by atoms with van der Waals surface area (Å²) in [4.78, 5) is 15.5. The summed E-state index contributed by atoms with van der Waals surface area (Å²) < 4.78 is 5.61. The molecule has 2 N–H and O–H groups in total. The fraction of sp³-hybridized carbons (Fsp3) is 0.444. The number of carbonyl (C=O) groups excluding carboxylic acids is 1. The third kappa shape index (κ3) is 4.79. The Morgan fingerprint density at radius 2 is 2.21 bits per heavy atom. The van der Waals surface area contributed by atoms with Gasteiger partial charge >= 0.3 is 0 Å². The van der Waals surface area contributed by atoms with E-state index in [1.807, 2.05) is 0 Å². The van der Waals surface area contributed by atoms with E-state index in [1.54, 1.807) is 11.3 Å². The molecule has 2 aromatic rings. The van der Waals surface area contributed by atoms with Crippen LogP contribution in [-0.4, -0.2) is 36.7 Å². The Kier molecular flexibility index (Phi) is 5.82. The molecule has 1 unspecified atom stereocenters. The molecule has 0 aliphatic carbocycles. The van der Waals surface area contributed by atoms with Crippen molar-refractivity contribution in [2.45, 2.75) is 32.3 Å². The van der Waals surface area contributed by atoms with Crippen molar-refractivity contribution in [1.82, 2.24) is 10.3 Å². The van der Waals surface area contributed by atoms with Crippen LogP contribution in [-0.2, 0) is 16.0 Å². The Labute approximate surface area is 146 Å². The van der Waals surface area contributed by atoms with E-state index in [1.165, 1.54) is 12.5 Å². The van der Waals surface area contributed by atoms with Crippen LogP contribution >= 0.6 is 11.3 Å². The van der Waals surface area contributed by atoms with Crippen LogP contribution in [0.25, 0.3) is 11.3 Å². The van der Waals surface area contributed by atoms with Gasteiger partial charge in [-0.1, -0.05) is 24.3 Å². The first-order chi connectivity index (χ1) is 11.7. The smallest absolute Gasteiger partial charge is 0.216 e. The highest BCUT2D eigenvalue weighted by Crippen LogP contribution is 2.25. The molecular formula is C18H23N3O2S. The van der Waals surface area contributed by atoms with Crippen LogP contribution < -0.4 is 10.6 Å². The zero-order valence-corrected chi connectivity index (χ0v) is 14.7. The van der Waals surface area contributed by atoms with E-state index in [0.717, 1.165) is 48.8 Å². The van der Waals surface area contributed by atoms with Crippen LogP contribution in [0.15, 0.2) is 29.6 Å². The van der Waals surface area contributed by atoms with E-state index in [9.17, 15) is 4.79 Å². The van der Waals surface area contributed by atoms with Crippen LogP contribution in [0.4, 0.5) is 5.13 Å². The zero-order chi connectivity index (χ0) is 16.8. The number of nitrogens with zero attached hydrogens (tertiary/aromatic N) is 1. The number of aromatic nitrogens is 1. The number of nitrogens with one attached hydrogen (secondary N) is 2. The predicted molar refractivity (Wildman–Crippen MR) is 97.4 cm³/mol. The summed E-state index contributed by atoms with van der Waals surface area (Å²) in [6, 6.07) is 8.36. The van der Waals surface area contributed by atoms with Gasteiger partial charge in [0.15, 0.2) is 5.13 Å². The topological polar surface area (TPSA) is 63.2 Å². The van der Waals surface area contributed by atoms with Crippen LogP contribution in [0.2, 0.25) is 0 Å². The molecular weight excluding hydrogens is 322 g/mol. The first-order valence-electron chi connectivity index (χ1n) is 8.35. The molecule has 24 heavy (non-hydrogen) atoms. The lowest BCUT2D eigenvalue weighted by Crippen LogP contribution is -2.22. The minimum absolute atomic E-state index is 0.0112. The Hall–Kier alpha value is -1.92. The van der Waals surface area contributed by atoms with Gasteiger partial charge in [-0.3, -0.25) is 4.79 Å². The molecule has 6 heteroatoms. The standard InChI is InChI=1S/C18H23N3O2S/c1-13(22)19-9-8-14-4-6-15(7-5-14)17-12-24-18(21-17)20-11-16-3-2-10-23-16/h4-7,12,16H,2-3,8-11H2,1H3,(H,19,22)(H,20,21).